The van der Waals surface area contributed by atoms with Crippen molar-refractivity contribution in [3.63, 3.8) is 0 Å². The van der Waals surface area contributed by atoms with Crippen LogP contribution in [0.25, 0.3) is 5.57 Å². The summed E-state index contributed by atoms with van der Waals surface area (Å²) < 4.78 is 0. The summed E-state index contributed by atoms with van der Waals surface area (Å²) in [4.78, 5) is 0. The zero-order valence-corrected chi connectivity index (χ0v) is 14.9. The molecule has 2 N–H and O–H groups in total. The van der Waals surface area contributed by atoms with Crippen LogP contribution in [-0.2, 0) is 0 Å². The molecule has 0 amide bonds. The van der Waals surface area contributed by atoms with Gasteiger partial charge in [-0.25, -0.2) is 0 Å². The number of aromatic hydroxyl groups is 1. The summed E-state index contributed by atoms with van der Waals surface area (Å²) in [5.74, 6) is 0.365. The Morgan fingerprint density at radius 2 is 1.96 bits per heavy atom. The standard InChI is InChI=1S/C21H33NO/c1-3-4-9-18(21-16-20(23)13-12-17(21)2)14-15-22-19-10-7-5-6-8-11-19/h9,12-13,16,19,22-23H,3-8,10-11,14-15H2,1-2H3/b18-9-. The lowest BCUT2D eigenvalue weighted by Gasteiger charge is -2.18. The van der Waals surface area contributed by atoms with Crippen LogP contribution in [0.3, 0.4) is 0 Å². The van der Waals surface area contributed by atoms with Crippen LogP contribution in [0.5, 0.6) is 5.75 Å². The second kappa shape index (κ2) is 9.77. The molecule has 0 saturated heterocycles. The van der Waals surface area contributed by atoms with Crippen molar-refractivity contribution in [3.8, 4) is 5.75 Å². The highest BCUT2D eigenvalue weighted by atomic mass is 16.3. The van der Waals surface area contributed by atoms with E-state index in [0.717, 1.165) is 25.8 Å². The van der Waals surface area contributed by atoms with Crippen LogP contribution >= 0.6 is 0 Å². The molecule has 1 aromatic rings. The Hall–Kier alpha value is -1.28. The zero-order valence-electron chi connectivity index (χ0n) is 14.9. The van der Waals surface area contributed by atoms with Gasteiger partial charge in [-0.05, 0) is 68.0 Å². The lowest BCUT2D eigenvalue weighted by atomic mass is 9.96. The number of benzene rings is 1. The summed E-state index contributed by atoms with van der Waals surface area (Å²) in [6, 6.07) is 6.42. The molecule has 1 aliphatic carbocycles. The fourth-order valence-electron chi connectivity index (χ4n) is 3.52. The topological polar surface area (TPSA) is 32.3 Å². The van der Waals surface area contributed by atoms with E-state index in [2.05, 4.69) is 25.2 Å². The fourth-order valence-corrected chi connectivity index (χ4v) is 3.52. The van der Waals surface area contributed by atoms with Gasteiger partial charge in [0.25, 0.3) is 0 Å². The molecule has 23 heavy (non-hydrogen) atoms. The highest BCUT2D eigenvalue weighted by Crippen LogP contribution is 2.26. The molecule has 0 spiro atoms. The largest absolute Gasteiger partial charge is 0.508 e. The van der Waals surface area contributed by atoms with E-state index in [1.165, 1.54) is 55.2 Å². The first-order valence-corrected chi connectivity index (χ1v) is 9.43. The molecule has 1 saturated carbocycles. The van der Waals surface area contributed by atoms with Crippen molar-refractivity contribution in [2.24, 2.45) is 0 Å². The number of nitrogens with one attached hydrogen (secondary N) is 1. The lowest BCUT2D eigenvalue weighted by molar-refractivity contribution is 0.465. The number of rotatable bonds is 7. The molecular weight excluding hydrogens is 282 g/mol. The molecule has 2 nitrogen and oxygen atoms in total. The maximum absolute atomic E-state index is 9.83. The van der Waals surface area contributed by atoms with Crippen LogP contribution in [0.4, 0.5) is 0 Å². The van der Waals surface area contributed by atoms with Crippen LogP contribution in [0.15, 0.2) is 24.3 Å². The average molecular weight is 316 g/mol. The third-order valence-corrected chi connectivity index (χ3v) is 4.93. The molecule has 1 aromatic carbocycles. The molecule has 0 atom stereocenters. The number of aryl methyl sites for hydroxylation is 1. The highest BCUT2D eigenvalue weighted by Gasteiger charge is 2.12. The Bertz CT molecular complexity index is 499. The average Bonchev–Trinajstić information content (AvgIpc) is 2.82. The van der Waals surface area contributed by atoms with Gasteiger partial charge in [-0.15, -0.1) is 0 Å². The summed E-state index contributed by atoms with van der Waals surface area (Å²) >= 11 is 0. The second-order valence-electron chi connectivity index (χ2n) is 6.91. The van der Waals surface area contributed by atoms with Gasteiger partial charge in [0.2, 0.25) is 0 Å². The van der Waals surface area contributed by atoms with Gasteiger partial charge >= 0.3 is 0 Å². The van der Waals surface area contributed by atoms with E-state index in [4.69, 9.17) is 0 Å². The lowest BCUT2D eigenvalue weighted by Crippen LogP contribution is -2.29. The molecular formula is C21H33NO. The van der Waals surface area contributed by atoms with Gasteiger partial charge in [0, 0.05) is 6.04 Å². The summed E-state index contributed by atoms with van der Waals surface area (Å²) in [7, 11) is 0. The number of hydrogen-bond donors (Lipinski definition) is 2. The maximum Gasteiger partial charge on any atom is 0.116 e. The fraction of sp³-hybridized carbons (Fsp3) is 0.619. The summed E-state index contributed by atoms with van der Waals surface area (Å²) in [5.41, 5.74) is 3.84. The van der Waals surface area contributed by atoms with E-state index >= 15 is 0 Å². The van der Waals surface area contributed by atoms with Gasteiger partial charge in [-0.3, -0.25) is 0 Å². The smallest absolute Gasteiger partial charge is 0.116 e. The third kappa shape index (κ3) is 6.02. The van der Waals surface area contributed by atoms with E-state index < -0.39 is 0 Å². The van der Waals surface area contributed by atoms with Crippen molar-refractivity contribution < 1.29 is 5.11 Å². The van der Waals surface area contributed by atoms with Gasteiger partial charge in [0.05, 0.1) is 0 Å². The van der Waals surface area contributed by atoms with Crippen LogP contribution in [0.1, 0.15) is 75.8 Å². The van der Waals surface area contributed by atoms with Gasteiger partial charge in [0.15, 0.2) is 0 Å². The van der Waals surface area contributed by atoms with Gasteiger partial charge in [0.1, 0.15) is 5.75 Å². The molecule has 0 radical (unpaired) electrons. The molecule has 1 aliphatic rings. The molecule has 0 unspecified atom stereocenters. The van der Waals surface area contributed by atoms with E-state index in [0.29, 0.717) is 11.8 Å². The van der Waals surface area contributed by atoms with E-state index in [1.54, 1.807) is 6.07 Å². The van der Waals surface area contributed by atoms with Crippen molar-refractivity contribution in [1.29, 1.82) is 0 Å². The Morgan fingerprint density at radius 1 is 1.22 bits per heavy atom. The molecule has 0 heterocycles. The predicted octanol–water partition coefficient (Wildman–Crippen LogP) is 5.59. The van der Waals surface area contributed by atoms with Crippen LogP contribution in [-0.4, -0.2) is 17.7 Å². The van der Waals surface area contributed by atoms with Gasteiger partial charge in [-0.2, -0.15) is 0 Å². The molecule has 0 bridgehead atoms. The minimum absolute atomic E-state index is 0.365. The summed E-state index contributed by atoms with van der Waals surface area (Å²) in [6.07, 6.45) is 13.9. The van der Waals surface area contributed by atoms with Gasteiger partial charge in [-0.1, -0.05) is 51.2 Å². The van der Waals surface area contributed by atoms with Crippen LogP contribution in [0.2, 0.25) is 0 Å². The van der Waals surface area contributed by atoms with Gasteiger partial charge < -0.3 is 10.4 Å². The number of unbranched alkanes of at least 4 members (excludes halogenated alkanes) is 1. The first-order chi connectivity index (χ1) is 11.2. The predicted molar refractivity (Wildman–Crippen MR) is 99.8 cm³/mol. The summed E-state index contributed by atoms with van der Waals surface area (Å²) in [5, 5.41) is 13.6. The molecule has 1 fully saturated rings. The van der Waals surface area contributed by atoms with Crippen molar-refractivity contribution in [1.82, 2.24) is 5.32 Å². The number of allylic oxidation sites excluding steroid dienone is 1. The molecule has 2 heteroatoms. The monoisotopic (exact) mass is 315 g/mol. The van der Waals surface area contributed by atoms with Crippen LogP contribution in [0, 0.1) is 6.92 Å². The van der Waals surface area contributed by atoms with Crippen molar-refractivity contribution in [2.45, 2.75) is 77.7 Å². The van der Waals surface area contributed by atoms with E-state index in [9.17, 15) is 5.11 Å². The summed E-state index contributed by atoms with van der Waals surface area (Å²) in [6.45, 7) is 5.38. The molecule has 0 aromatic heterocycles. The Kier molecular flexibility index (Phi) is 7.67. The van der Waals surface area contributed by atoms with Crippen LogP contribution < -0.4 is 5.32 Å². The third-order valence-electron chi connectivity index (χ3n) is 4.93. The first kappa shape index (κ1) is 18.1. The quantitative estimate of drug-likeness (QED) is 0.643. The minimum Gasteiger partial charge on any atom is -0.508 e. The molecule has 128 valence electrons. The van der Waals surface area contributed by atoms with Crippen molar-refractivity contribution in [2.75, 3.05) is 6.54 Å². The second-order valence-corrected chi connectivity index (χ2v) is 6.91. The van der Waals surface area contributed by atoms with E-state index in [-0.39, 0.29) is 0 Å². The van der Waals surface area contributed by atoms with Crippen molar-refractivity contribution in [3.05, 3.63) is 35.4 Å². The Morgan fingerprint density at radius 3 is 2.65 bits per heavy atom. The highest BCUT2D eigenvalue weighted by molar-refractivity contribution is 5.69. The SMILES string of the molecule is CCC/C=C(/CCNC1CCCCCC1)c1cc(O)ccc1C. The zero-order chi connectivity index (χ0) is 16.5. The van der Waals surface area contributed by atoms with Crippen molar-refractivity contribution >= 4 is 5.57 Å². The molecule has 0 aliphatic heterocycles. The normalized spacial score (nSPS) is 17.2. The number of phenols is 1. The number of hydrogen-bond acceptors (Lipinski definition) is 2. The molecule has 2 rings (SSSR count). The maximum atomic E-state index is 9.83. The Labute approximate surface area is 142 Å². The number of phenolic OH excluding ortho intramolecular Hbond substituents is 1. The minimum atomic E-state index is 0.365. The first-order valence-electron chi connectivity index (χ1n) is 9.43. The van der Waals surface area contributed by atoms with E-state index in [1.807, 2.05) is 12.1 Å². The Balaban J connectivity index is 1.97.